The molecule has 0 saturated heterocycles. The summed E-state index contributed by atoms with van der Waals surface area (Å²) >= 11 is 0. The van der Waals surface area contributed by atoms with E-state index in [-0.39, 0.29) is 5.91 Å². The maximum atomic E-state index is 11.5. The van der Waals surface area contributed by atoms with Gasteiger partial charge in [-0.1, -0.05) is 6.92 Å². The van der Waals surface area contributed by atoms with E-state index in [9.17, 15) is 4.79 Å². The molecule has 0 bridgehead atoms. The molecule has 2 N–H and O–H groups in total. The monoisotopic (exact) mass is 195 g/mol. The Kier molecular flexibility index (Phi) is 4.19. The largest absolute Gasteiger partial charge is 0.364 e. The molecule has 0 fully saturated rings. The average Bonchev–Trinajstić information content (AvgIpc) is 2.66. The Morgan fingerprint density at radius 1 is 1.64 bits per heavy atom. The first-order chi connectivity index (χ1) is 6.74. The van der Waals surface area contributed by atoms with E-state index in [2.05, 4.69) is 10.3 Å². The van der Waals surface area contributed by atoms with Crippen molar-refractivity contribution in [1.29, 1.82) is 0 Å². The Labute approximate surface area is 84.3 Å². The normalized spacial score (nSPS) is 10.1. The summed E-state index contributed by atoms with van der Waals surface area (Å²) in [7, 11) is 1.81. The van der Waals surface area contributed by atoms with Crippen LogP contribution in [-0.4, -0.2) is 35.9 Å². The van der Waals surface area contributed by atoms with Crippen molar-refractivity contribution in [3.05, 3.63) is 24.0 Å². The molecule has 0 aliphatic carbocycles. The van der Waals surface area contributed by atoms with E-state index in [1.54, 1.807) is 11.9 Å². The van der Waals surface area contributed by atoms with E-state index in [0.717, 1.165) is 12.2 Å². The zero-order valence-corrected chi connectivity index (χ0v) is 8.71. The van der Waals surface area contributed by atoms with E-state index in [4.69, 9.17) is 0 Å². The Morgan fingerprint density at radius 2 is 2.43 bits per heavy atom. The van der Waals surface area contributed by atoms with Gasteiger partial charge in [0.2, 0.25) is 5.91 Å². The maximum absolute atomic E-state index is 11.5. The first-order valence-electron chi connectivity index (χ1n) is 4.81. The minimum Gasteiger partial charge on any atom is -0.364 e. The van der Waals surface area contributed by atoms with Gasteiger partial charge in [0.1, 0.15) is 0 Å². The van der Waals surface area contributed by atoms with Gasteiger partial charge in [-0.05, 0) is 18.7 Å². The number of amides is 1. The Hall–Kier alpha value is -1.29. The molecule has 0 radical (unpaired) electrons. The summed E-state index contributed by atoms with van der Waals surface area (Å²) in [6.07, 6.45) is 1.86. The molecule has 1 heterocycles. The van der Waals surface area contributed by atoms with Crippen LogP contribution in [0.1, 0.15) is 12.6 Å². The minimum absolute atomic E-state index is 0.112. The van der Waals surface area contributed by atoms with Crippen LogP contribution in [-0.2, 0) is 11.3 Å². The lowest BCUT2D eigenvalue weighted by atomic mass is 10.4. The number of likely N-dealkylation sites (N-methyl/N-ethyl adjacent to an activating group) is 2. The molecular weight excluding hydrogens is 178 g/mol. The van der Waals surface area contributed by atoms with Gasteiger partial charge in [0, 0.05) is 18.9 Å². The van der Waals surface area contributed by atoms with E-state index in [0.29, 0.717) is 13.1 Å². The van der Waals surface area contributed by atoms with E-state index >= 15 is 0 Å². The molecule has 1 aromatic heterocycles. The summed E-state index contributed by atoms with van der Waals surface area (Å²) in [4.78, 5) is 16.2. The quantitative estimate of drug-likeness (QED) is 0.722. The van der Waals surface area contributed by atoms with E-state index in [1.807, 2.05) is 25.3 Å². The van der Waals surface area contributed by atoms with Gasteiger partial charge in [-0.3, -0.25) is 4.79 Å². The van der Waals surface area contributed by atoms with Crippen LogP contribution in [0.25, 0.3) is 0 Å². The first kappa shape index (κ1) is 10.8. The Balaban J connectivity index is 2.34. The van der Waals surface area contributed by atoms with Crippen molar-refractivity contribution in [2.75, 3.05) is 20.1 Å². The molecule has 0 atom stereocenters. The average molecular weight is 195 g/mol. The predicted octanol–water partition coefficient (Wildman–Crippen LogP) is 0.583. The van der Waals surface area contributed by atoms with Crippen molar-refractivity contribution >= 4 is 5.91 Å². The number of carbonyl (C=O) groups excluding carboxylic acids is 1. The Bertz CT molecular complexity index is 269. The maximum Gasteiger partial charge on any atom is 0.236 e. The van der Waals surface area contributed by atoms with Crippen molar-refractivity contribution < 1.29 is 4.79 Å². The number of nitrogens with one attached hydrogen (secondary N) is 2. The third kappa shape index (κ3) is 3.22. The lowest BCUT2D eigenvalue weighted by Gasteiger charge is -2.16. The van der Waals surface area contributed by atoms with Crippen molar-refractivity contribution in [1.82, 2.24) is 15.2 Å². The molecule has 0 saturated carbocycles. The van der Waals surface area contributed by atoms with Gasteiger partial charge in [-0.15, -0.1) is 0 Å². The molecule has 1 rings (SSSR count). The number of rotatable bonds is 5. The van der Waals surface area contributed by atoms with Crippen molar-refractivity contribution in [3.63, 3.8) is 0 Å². The summed E-state index contributed by atoms with van der Waals surface area (Å²) < 4.78 is 0. The smallest absolute Gasteiger partial charge is 0.236 e. The van der Waals surface area contributed by atoms with Gasteiger partial charge in [-0.2, -0.15) is 0 Å². The highest BCUT2D eigenvalue weighted by atomic mass is 16.2. The predicted molar refractivity (Wildman–Crippen MR) is 55.8 cm³/mol. The topological polar surface area (TPSA) is 48.1 Å². The molecule has 0 unspecified atom stereocenters. The zero-order valence-electron chi connectivity index (χ0n) is 8.71. The number of hydrogen-bond acceptors (Lipinski definition) is 2. The molecule has 0 spiro atoms. The summed E-state index contributed by atoms with van der Waals surface area (Å²) in [5, 5.41) is 3.01. The lowest BCUT2D eigenvalue weighted by Crippen LogP contribution is -2.35. The molecule has 1 aromatic rings. The van der Waals surface area contributed by atoms with E-state index < -0.39 is 0 Å². The van der Waals surface area contributed by atoms with Gasteiger partial charge in [-0.25, -0.2) is 0 Å². The number of nitrogens with zero attached hydrogens (tertiary/aromatic N) is 1. The molecular formula is C10H17N3O. The molecule has 0 aliphatic rings. The summed E-state index contributed by atoms with van der Waals surface area (Å²) in [6, 6.07) is 3.90. The molecule has 4 nitrogen and oxygen atoms in total. The van der Waals surface area contributed by atoms with Gasteiger partial charge in [0.15, 0.2) is 0 Å². The SMILES string of the molecule is CCNCC(=O)N(C)Cc1ccc[nH]1. The van der Waals surface area contributed by atoms with Crippen molar-refractivity contribution in [3.8, 4) is 0 Å². The molecule has 0 aliphatic heterocycles. The fraction of sp³-hybridized carbons (Fsp3) is 0.500. The van der Waals surface area contributed by atoms with Gasteiger partial charge < -0.3 is 15.2 Å². The molecule has 4 heteroatoms. The van der Waals surface area contributed by atoms with Crippen LogP contribution in [0.4, 0.5) is 0 Å². The second-order valence-corrected chi connectivity index (χ2v) is 3.23. The summed E-state index contributed by atoms with van der Waals surface area (Å²) in [5.41, 5.74) is 1.05. The van der Waals surface area contributed by atoms with Crippen LogP contribution in [0.3, 0.4) is 0 Å². The number of hydrogen-bond donors (Lipinski definition) is 2. The van der Waals surface area contributed by atoms with Crippen molar-refractivity contribution in [2.45, 2.75) is 13.5 Å². The number of aromatic amines is 1. The highest BCUT2D eigenvalue weighted by Crippen LogP contribution is 1.99. The summed E-state index contributed by atoms with van der Waals surface area (Å²) in [6.45, 7) is 3.85. The number of aromatic nitrogens is 1. The molecule has 78 valence electrons. The van der Waals surface area contributed by atoms with Gasteiger partial charge in [0.25, 0.3) is 0 Å². The fourth-order valence-electron chi connectivity index (χ4n) is 1.18. The molecule has 0 aromatic carbocycles. The highest BCUT2D eigenvalue weighted by Gasteiger charge is 2.07. The lowest BCUT2D eigenvalue weighted by molar-refractivity contribution is -0.129. The van der Waals surface area contributed by atoms with Crippen LogP contribution in [0.2, 0.25) is 0 Å². The number of carbonyl (C=O) groups is 1. The Morgan fingerprint density at radius 3 is 3.00 bits per heavy atom. The molecule has 14 heavy (non-hydrogen) atoms. The van der Waals surface area contributed by atoms with Crippen LogP contribution in [0.15, 0.2) is 18.3 Å². The standard InChI is InChI=1S/C10H17N3O/c1-3-11-7-10(14)13(2)8-9-5-4-6-12-9/h4-6,11-12H,3,7-8H2,1-2H3. The zero-order chi connectivity index (χ0) is 10.4. The van der Waals surface area contributed by atoms with Crippen LogP contribution >= 0.6 is 0 Å². The number of H-pyrrole nitrogens is 1. The van der Waals surface area contributed by atoms with Crippen LogP contribution in [0.5, 0.6) is 0 Å². The van der Waals surface area contributed by atoms with Crippen LogP contribution in [0, 0.1) is 0 Å². The second-order valence-electron chi connectivity index (χ2n) is 3.23. The van der Waals surface area contributed by atoms with Crippen molar-refractivity contribution in [2.24, 2.45) is 0 Å². The highest BCUT2D eigenvalue weighted by molar-refractivity contribution is 5.77. The fourth-order valence-corrected chi connectivity index (χ4v) is 1.18. The first-order valence-corrected chi connectivity index (χ1v) is 4.81. The summed E-state index contributed by atoms with van der Waals surface area (Å²) in [5.74, 6) is 0.112. The third-order valence-corrected chi connectivity index (χ3v) is 2.02. The minimum atomic E-state index is 0.112. The van der Waals surface area contributed by atoms with Gasteiger partial charge >= 0.3 is 0 Å². The molecule has 1 amide bonds. The van der Waals surface area contributed by atoms with Crippen LogP contribution < -0.4 is 5.32 Å². The van der Waals surface area contributed by atoms with Gasteiger partial charge in [0.05, 0.1) is 13.1 Å². The van der Waals surface area contributed by atoms with E-state index in [1.165, 1.54) is 0 Å². The second kappa shape index (κ2) is 5.44. The third-order valence-electron chi connectivity index (χ3n) is 2.02.